The normalized spacial score (nSPS) is 11.1. The largest absolute Gasteiger partial charge is 0.331 e. The first kappa shape index (κ1) is 9.21. The SMILES string of the molecule is CCc1nc2c(CN)cccc2n1C. The van der Waals surface area contributed by atoms with Gasteiger partial charge in [0.1, 0.15) is 5.82 Å². The Morgan fingerprint density at radius 1 is 1.43 bits per heavy atom. The second-order valence-electron chi connectivity index (χ2n) is 3.43. The molecule has 0 saturated carbocycles. The Morgan fingerprint density at radius 3 is 2.86 bits per heavy atom. The molecule has 0 atom stereocenters. The molecule has 0 aliphatic carbocycles. The van der Waals surface area contributed by atoms with Gasteiger partial charge < -0.3 is 10.3 Å². The Kier molecular flexibility index (Phi) is 2.25. The smallest absolute Gasteiger partial charge is 0.109 e. The predicted molar refractivity (Wildman–Crippen MR) is 58.0 cm³/mol. The van der Waals surface area contributed by atoms with Gasteiger partial charge in [0.05, 0.1) is 11.0 Å². The molecule has 3 heteroatoms. The molecule has 3 nitrogen and oxygen atoms in total. The number of rotatable bonds is 2. The maximum atomic E-state index is 5.67. The molecule has 0 saturated heterocycles. The van der Waals surface area contributed by atoms with Gasteiger partial charge in [0.15, 0.2) is 0 Å². The van der Waals surface area contributed by atoms with Crippen molar-refractivity contribution in [2.75, 3.05) is 0 Å². The average molecular weight is 189 g/mol. The van der Waals surface area contributed by atoms with Crippen molar-refractivity contribution in [2.45, 2.75) is 19.9 Å². The molecule has 0 bridgehead atoms. The van der Waals surface area contributed by atoms with Crippen LogP contribution in [0, 0.1) is 0 Å². The summed E-state index contributed by atoms with van der Waals surface area (Å²) in [6.07, 6.45) is 0.954. The van der Waals surface area contributed by atoms with E-state index in [4.69, 9.17) is 5.73 Å². The van der Waals surface area contributed by atoms with Crippen LogP contribution in [0.15, 0.2) is 18.2 Å². The van der Waals surface area contributed by atoms with E-state index in [0.717, 1.165) is 23.3 Å². The first-order valence-corrected chi connectivity index (χ1v) is 4.91. The van der Waals surface area contributed by atoms with E-state index in [1.165, 1.54) is 5.52 Å². The minimum Gasteiger partial charge on any atom is -0.331 e. The second-order valence-corrected chi connectivity index (χ2v) is 3.43. The lowest BCUT2D eigenvalue weighted by Gasteiger charge is -1.99. The highest BCUT2D eigenvalue weighted by Crippen LogP contribution is 2.18. The van der Waals surface area contributed by atoms with E-state index in [1.807, 2.05) is 12.1 Å². The molecule has 2 aromatic rings. The van der Waals surface area contributed by atoms with Crippen molar-refractivity contribution >= 4 is 11.0 Å². The minimum absolute atomic E-state index is 0.553. The number of aryl methyl sites for hydroxylation is 2. The van der Waals surface area contributed by atoms with Crippen LogP contribution < -0.4 is 5.73 Å². The van der Waals surface area contributed by atoms with Crippen molar-refractivity contribution in [1.29, 1.82) is 0 Å². The van der Waals surface area contributed by atoms with Crippen LogP contribution in [0.5, 0.6) is 0 Å². The fraction of sp³-hybridized carbons (Fsp3) is 0.364. The standard InChI is InChI=1S/C11H15N3/c1-3-10-13-11-8(7-12)5-4-6-9(11)14(10)2/h4-6H,3,7,12H2,1-2H3. The summed E-state index contributed by atoms with van der Waals surface area (Å²) in [5.74, 6) is 1.11. The fourth-order valence-corrected chi connectivity index (χ4v) is 1.80. The van der Waals surface area contributed by atoms with Crippen LogP contribution in [0.3, 0.4) is 0 Å². The molecule has 0 fully saturated rings. The number of aromatic nitrogens is 2. The second kappa shape index (κ2) is 3.42. The molecular weight excluding hydrogens is 174 g/mol. The fourth-order valence-electron chi connectivity index (χ4n) is 1.80. The van der Waals surface area contributed by atoms with Gasteiger partial charge in [0.2, 0.25) is 0 Å². The Hall–Kier alpha value is -1.35. The highest BCUT2D eigenvalue weighted by molar-refractivity contribution is 5.79. The van der Waals surface area contributed by atoms with Gasteiger partial charge in [-0.2, -0.15) is 0 Å². The summed E-state index contributed by atoms with van der Waals surface area (Å²) in [7, 11) is 2.05. The van der Waals surface area contributed by atoms with Crippen molar-refractivity contribution in [3.63, 3.8) is 0 Å². The zero-order valence-electron chi connectivity index (χ0n) is 8.62. The van der Waals surface area contributed by atoms with E-state index in [0.29, 0.717) is 6.54 Å². The van der Waals surface area contributed by atoms with Crippen molar-refractivity contribution in [3.05, 3.63) is 29.6 Å². The van der Waals surface area contributed by atoms with Crippen LogP contribution in [0.4, 0.5) is 0 Å². The van der Waals surface area contributed by atoms with Crippen LogP contribution in [0.1, 0.15) is 18.3 Å². The maximum Gasteiger partial charge on any atom is 0.109 e. The van der Waals surface area contributed by atoms with Gasteiger partial charge in [0, 0.05) is 20.0 Å². The number of nitrogens with zero attached hydrogens (tertiary/aromatic N) is 2. The molecular formula is C11H15N3. The first-order valence-electron chi connectivity index (χ1n) is 4.91. The van der Waals surface area contributed by atoms with E-state index < -0.39 is 0 Å². The summed E-state index contributed by atoms with van der Waals surface area (Å²) in [6, 6.07) is 6.15. The predicted octanol–water partition coefficient (Wildman–Crippen LogP) is 1.59. The van der Waals surface area contributed by atoms with Crippen LogP contribution in [0.25, 0.3) is 11.0 Å². The number of hydrogen-bond acceptors (Lipinski definition) is 2. The van der Waals surface area contributed by atoms with Crippen molar-refractivity contribution in [3.8, 4) is 0 Å². The average Bonchev–Trinajstić information content (AvgIpc) is 2.55. The Bertz CT molecular complexity index is 457. The molecule has 1 aromatic heterocycles. The number of nitrogens with two attached hydrogens (primary N) is 1. The summed E-state index contributed by atoms with van der Waals surface area (Å²) in [4.78, 5) is 4.58. The number of hydrogen-bond donors (Lipinski definition) is 1. The quantitative estimate of drug-likeness (QED) is 0.779. The maximum absolute atomic E-state index is 5.67. The number of benzene rings is 1. The molecule has 0 amide bonds. The van der Waals surface area contributed by atoms with Gasteiger partial charge in [0.25, 0.3) is 0 Å². The van der Waals surface area contributed by atoms with Crippen LogP contribution in [0.2, 0.25) is 0 Å². The molecule has 14 heavy (non-hydrogen) atoms. The molecule has 0 spiro atoms. The minimum atomic E-state index is 0.553. The lowest BCUT2D eigenvalue weighted by Crippen LogP contribution is -1.97. The summed E-state index contributed by atoms with van der Waals surface area (Å²) in [6.45, 7) is 2.67. The van der Waals surface area contributed by atoms with Gasteiger partial charge in [-0.25, -0.2) is 4.98 Å². The van der Waals surface area contributed by atoms with Crippen molar-refractivity contribution in [1.82, 2.24) is 9.55 Å². The summed E-state index contributed by atoms with van der Waals surface area (Å²) in [5, 5.41) is 0. The zero-order chi connectivity index (χ0) is 10.1. The molecule has 0 aliphatic rings. The topological polar surface area (TPSA) is 43.8 Å². The first-order chi connectivity index (χ1) is 6.77. The van der Waals surface area contributed by atoms with Gasteiger partial charge in [-0.3, -0.25) is 0 Å². The summed E-state index contributed by atoms with van der Waals surface area (Å²) < 4.78 is 2.13. The van der Waals surface area contributed by atoms with Crippen LogP contribution in [-0.2, 0) is 20.0 Å². The summed E-state index contributed by atoms with van der Waals surface area (Å²) in [5.41, 5.74) is 9.01. The number of fused-ring (bicyclic) bond motifs is 1. The molecule has 2 N–H and O–H groups in total. The third kappa shape index (κ3) is 1.21. The highest BCUT2D eigenvalue weighted by atomic mass is 15.1. The van der Waals surface area contributed by atoms with Crippen LogP contribution >= 0.6 is 0 Å². The van der Waals surface area contributed by atoms with Gasteiger partial charge >= 0.3 is 0 Å². The van der Waals surface area contributed by atoms with Crippen molar-refractivity contribution in [2.24, 2.45) is 12.8 Å². The van der Waals surface area contributed by atoms with Gasteiger partial charge in [-0.15, -0.1) is 0 Å². The van der Waals surface area contributed by atoms with Gasteiger partial charge in [-0.05, 0) is 11.6 Å². The molecule has 1 heterocycles. The van der Waals surface area contributed by atoms with Crippen molar-refractivity contribution < 1.29 is 0 Å². The lowest BCUT2D eigenvalue weighted by molar-refractivity contribution is 0.829. The third-order valence-corrected chi connectivity index (χ3v) is 2.62. The Morgan fingerprint density at radius 2 is 2.21 bits per heavy atom. The monoisotopic (exact) mass is 189 g/mol. The van der Waals surface area contributed by atoms with E-state index in [2.05, 4.69) is 29.6 Å². The molecule has 0 aliphatic heterocycles. The lowest BCUT2D eigenvalue weighted by atomic mass is 10.2. The van der Waals surface area contributed by atoms with E-state index in [9.17, 15) is 0 Å². The highest BCUT2D eigenvalue weighted by Gasteiger charge is 2.08. The van der Waals surface area contributed by atoms with E-state index in [-0.39, 0.29) is 0 Å². The third-order valence-electron chi connectivity index (χ3n) is 2.62. The number of para-hydroxylation sites is 1. The molecule has 0 unspecified atom stereocenters. The van der Waals surface area contributed by atoms with Crippen LogP contribution in [-0.4, -0.2) is 9.55 Å². The molecule has 74 valence electrons. The molecule has 1 aromatic carbocycles. The summed E-state index contributed by atoms with van der Waals surface area (Å²) >= 11 is 0. The number of imidazole rings is 1. The molecule has 2 rings (SSSR count). The van der Waals surface area contributed by atoms with Gasteiger partial charge in [-0.1, -0.05) is 19.1 Å². The Labute approximate surface area is 83.6 Å². The zero-order valence-corrected chi connectivity index (χ0v) is 8.62. The Balaban J connectivity index is 2.77. The molecule has 0 radical (unpaired) electrons. The van der Waals surface area contributed by atoms with E-state index in [1.54, 1.807) is 0 Å². The van der Waals surface area contributed by atoms with E-state index >= 15 is 0 Å².